The molecular weight excluding hydrogens is 280 g/mol. The van der Waals surface area contributed by atoms with E-state index >= 15 is 0 Å². The molecule has 0 aliphatic carbocycles. The Hall–Kier alpha value is -1.37. The first-order valence-electron chi connectivity index (χ1n) is 5.79. The summed E-state index contributed by atoms with van der Waals surface area (Å²) < 4.78 is 0. The molecule has 4 nitrogen and oxygen atoms in total. The fourth-order valence-corrected chi connectivity index (χ4v) is 2.82. The molecular formula is C13H14N2O2S2. The van der Waals surface area contributed by atoms with Crippen molar-refractivity contribution in [2.45, 2.75) is 0 Å². The van der Waals surface area contributed by atoms with Crippen LogP contribution in [0.15, 0.2) is 36.5 Å². The summed E-state index contributed by atoms with van der Waals surface area (Å²) in [4.78, 5) is 16.8. The number of nitrogens with one attached hydrogen (secondary N) is 1. The van der Waals surface area contributed by atoms with E-state index in [1.165, 1.54) is 23.1 Å². The number of aromatic nitrogens is 1. The summed E-state index contributed by atoms with van der Waals surface area (Å²) in [5, 5.41) is 12.0. The smallest absolute Gasteiger partial charge is 0.236 e. The second-order valence-electron chi connectivity index (χ2n) is 3.72. The van der Waals surface area contributed by atoms with Gasteiger partial charge in [-0.2, -0.15) is 0 Å². The molecule has 100 valence electrons. The van der Waals surface area contributed by atoms with Crippen LogP contribution in [0.1, 0.15) is 0 Å². The molecule has 1 aromatic carbocycles. The molecule has 0 radical (unpaired) electrons. The number of thioether (sulfide) groups is 1. The summed E-state index contributed by atoms with van der Waals surface area (Å²) in [5.41, 5.74) is 1.09. The van der Waals surface area contributed by atoms with Crippen LogP contribution in [0.4, 0.5) is 5.13 Å². The summed E-state index contributed by atoms with van der Waals surface area (Å²) in [7, 11) is 0. The molecule has 6 heteroatoms. The molecule has 2 rings (SSSR count). The van der Waals surface area contributed by atoms with Gasteiger partial charge in [-0.25, -0.2) is 4.98 Å². The van der Waals surface area contributed by atoms with Gasteiger partial charge in [0.25, 0.3) is 0 Å². The van der Waals surface area contributed by atoms with Gasteiger partial charge in [-0.15, -0.1) is 11.8 Å². The minimum atomic E-state index is -0.0904. The third kappa shape index (κ3) is 4.34. The number of carbonyl (C=O) groups is 1. The summed E-state index contributed by atoms with van der Waals surface area (Å²) in [5.74, 6) is 0.814. The zero-order valence-corrected chi connectivity index (χ0v) is 11.8. The molecule has 0 atom stereocenters. The Morgan fingerprint density at radius 3 is 2.89 bits per heavy atom. The summed E-state index contributed by atoms with van der Waals surface area (Å²) in [6.45, 7) is 0.0906. The van der Waals surface area contributed by atoms with Crippen molar-refractivity contribution in [3.05, 3.63) is 36.5 Å². The number of amides is 1. The third-order valence-corrected chi connectivity index (χ3v) is 4.18. The largest absolute Gasteiger partial charge is 0.396 e. The molecule has 1 amide bonds. The van der Waals surface area contributed by atoms with Crippen LogP contribution in [0, 0.1) is 0 Å². The lowest BCUT2D eigenvalue weighted by Gasteiger charge is -2.00. The second kappa shape index (κ2) is 7.28. The molecule has 0 spiro atoms. The van der Waals surface area contributed by atoms with Gasteiger partial charge in [0.05, 0.1) is 17.2 Å². The standard InChI is InChI=1S/C13H14N2O2S2/c16-6-7-18-9-12(17)15-13-14-8-11(19-13)10-4-2-1-3-5-10/h1-5,8,16H,6-7,9H2,(H,14,15,17). The van der Waals surface area contributed by atoms with Crippen LogP contribution in [0.3, 0.4) is 0 Å². The number of aliphatic hydroxyl groups is 1. The number of benzene rings is 1. The van der Waals surface area contributed by atoms with E-state index < -0.39 is 0 Å². The van der Waals surface area contributed by atoms with Crippen LogP contribution >= 0.6 is 23.1 Å². The molecule has 1 heterocycles. The van der Waals surface area contributed by atoms with E-state index in [9.17, 15) is 4.79 Å². The average molecular weight is 294 g/mol. The fourth-order valence-electron chi connectivity index (χ4n) is 1.45. The van der Waals surface area contributed by atoms with Crippen molar-refractivity contribution >= 4 is 34.1 Å². The van der Waals surface area contributed by atoms with Crippen molar-refractivity contribution in [1.29, 1.82) is 0 Å². The van der Waals surface area contributed by atoms with Crippen LogP contribution in [0.25, 0.3) is 10.4 Å². The lowest BCUT2D eigenvalue weighted by molar-refractivity contribution is -0.113. The van der Waals surface area contributed by atoms with Crippen LogP contribution in [-0.2, 0) is 4.79 Å². The lowest BCUT2D eigenvalue weighted by Crippen LogP contribution is -2.14. The van der Waals surface area contributed by atoms with Gasteiger partial charge in [-0.05, 0) is 5.56 Å². The van der Waals surface area contributed by atoms with Gasteiger partial charge in [0.15, 0.2) is 5.13 Å². The molecule has 0 saturated carbocycles. The van der Waals surface area contributed by atoms with Gasteiger partial charge in [-0.3, -0.25) is 4.79 Å². The van der Waals surface area contributed by atoms with Crippen LogP contribution in [0.5, 0.6) is 0 Å². The number of aliphatic hydroxyl groups excluding tert-OH is 1. The van der Waals surface area contributed by atoms with E-state index in [1.807, 2.05) is 30.3 Å². The van der Waals surface area contributed by atoms with Crippen molar-refractivity contribution in [1.82, 2.24) is 4.98 Å². The highest BCUT2D eigenvalue weighted by Gasteiger charge is 2.07. The number of hydrogen-bond donors (Lipinski definition) is 2. The van der Waals surface area contributed by atoms with E-state index in [-0.39, 0.29) is 12.5 Å². The Balaban J connectivity index is 1.93. The van der Waals surface area contributed by atoms with Gasteiger partial charge >= 0.3 is 0 Å². The van der Waals surface area contributed by atoms with Gasteiger partial charge in [-0.1, -0.05) is 41.7 Å². The topological polar surface area (TPSA) is 62.2 Å². The first-order chi connectivity index (χ1) is 9.29. The number of thiazole rings is 1. The molecule has 1 aromatic heterocycles. The van der Waals surface area contributed by atoms with E-state index in [1.54, 1.807) is 6.20 Å². The van der Waals surface area contributed by atoms with Gasteiger partial charge in [0.1, 0.15) is 0 Å². The van der Waals surface area contributed by atoms with Gasteiger partial charge in [0.2, 0.25) is 5.91 Å². The van der Waals surface area contributed by atoms with E-state index in [4.69, 9.17) is 5.11 Å². The first kappa shape index (κ1) is 14.0. The Kier molecular flexibility index (Phi) is 5.38. The first-order valence-corrected chi connectivity index (χ1v) is 7.76. The lowest BCUT2D eigenvalue weighted by atomic mass is 10.2. The predicted molar refractivity (Wildman–Crippen MR) is 80.6 cm³/mol. The van der Waals surface area contributed by atoms with Crippen LogP contribution in [0.2, 0.25) is 0 Å². The fraction of sp³-hybridized carbons (Fsp3) is 0.231. The molecule has 2 aromatic rings. The Morgan fingerprint density at radius 2 is 2.16 bits per heavy atom. The maximum absolute atomic E-state index is 11.6. The number of nitrogens with zero attached hydrogens (tertiary/aromatic N) is 1. The van der Waals surface area contributed by atoms with Gasteiger partial charge < -0.3 is 10.4 Å². The minimum absolute atomic E-state index is 0.0904. The molecule has 0 fully saturated rings. The quantitative estimate of drug-likeness (QED) is 0.803. The highest BCUT2D eigenvalue weighted by Crippen LogP contribution is 2.28. The van der Waals surface area contributed by atoms with Crippen molar-refractivity contribution < 1.29 is 9.90 Å². The number of carbonyl (C=O) groups excluding carboxylic acids is 1. The molecule has 19 heavy (non-hydrogen) atoms. The zero-order chi connectivity index (χ0) is 13.5. The second-order valence-corrected chi connectivity index (χ2v) is 5.86. The van der Waals surface area contributed by atoms with Crippen LogP contribution < -0.4 is 5.32 Å². The normalized spacial score (nSPS) is 10.4. The van der Waals surface area contributed by atoms with Crippen LogP contribution in [-0.4, -0.2) is 34.1 Å². The number of rotatable bonds is 6. The van der Waals surface area contributed by atoms with Crippen molar-refractivity contribution in [2.75, 3.05) is 23.4 Å². The van der Waals surface area contributed by atoms with E-state index in [0.29, 0.717) is 16.6 Å². The Morgan fingerprint density at radius 1 is 1.37 bits per heavy atom. The maximum atomic E-state index is 11.6. The monoisotopic (exact) mass is 294 g/mol. The summed E-state index contributed by atoms with van der Waals surface area (Å²) in [6, 6.07) is 9.93. The summed E-state index contributed by atoms with van der Waals surface area (Å²) in [6.07, 6.45) is 1.76. The average Bonchev–Trinajstić information content (AvgIpc) is 2.88. The Labute approximate surface area is 119 Å². The van der Waals surface area contributed by atoms with Gasteiger partial charge in [0, 0.05) is 11.9 Å². The van der Waals surface area contributed by atoms with Crippen molar-refractivity contribution in [3.8, 4) is 10.4 Å². The van der Waals surface area contributed by atoms with E-state index in [0.717, 1.165) is 10.4 Å². The minimum Gasteiger partial charge on any atom is -0.396 e. The summed E-state index contributed by atoms with van der Waals surface area (Å²) >= 11 is 2.85. The van der Waals surface area contributed by atoms with Crippen molar-refractivity contribution in [3.63, 3.8) is 0 Å². The molecule has 0 saturated heterocycles. The number of anilines is 1. The Bertz CT molecular complexity index is 528. The van der Waals surface area contributed by atoms with Crippen molar-refractivity contribution in [2.24, 2.45) is 0 Å². The molecule has 0 bridgehead atoms. The zero-order valence-electron chi connectivity index (χ0n) is 10.2. The molecule has 0 unspecified atom stereocenters. The molecule has 0 aliphatic rings. The molecule has 0 aliphatic heterocycles. The SMILES string of the molecule is O=C(CSCCO)Nc1ncc(-c2ccccc2)s1. The number of hydrogen-bond acceptors (Lipinski definition) is 5. The van der Waals surface area contributed by atoms with E-state index in [2.05, 4.69) is 10.3 Å². The third-order valence-electron chi connectivity index (χ3n) is 2.28. The predicted octanol–water partition coefficient (Wildman–Crippen LogP) is 2.47. The molecule has 2 N–H and O–H groups in total. The highest BCUT2D eigenvalue weighted by molar-refractivity contribution is 7.99. The highest BCUT2D eigenvalue weighted by atomic mass is 32.2. The maximum Gasteiger partial charge on any atom is 0.236 e.